The Morgan fingerprint density at radius 1 is 0.975 bits per heavy atom. The van der Waals surface area contributed by atoms with Gasteiger partial charge in [-0.15, -0.1) is 0 Å². The lowest BCUT2D eigenvalue weighted by Gasteiger charge is -2.22. The van der Waals surface area contributed by atoms with Crippen molar-refractivity contribution >= 4 is 38.0 Å². The van der Waals surface area contributed by atoms with Crippen molar-refractivity contribution in [3.8, 4) is 17.4 Å². The summed E-state index contributed by atoms with van der Waals surface area (Å²) in [5.41, 5.74) is 3.72. The van der Waals surface area contributed by atoms with Gasteiger partial charge in [-0.25, -0.2) is 13.4 Å². The van der Waals surface area contributed by atoms with Crippen LogP contribution in [0.4, 0.5) is 11.4 Å². The van der Waals surface area contributed by atoms with Crippen molar-refractivity contribution in [1.82, 2.24) is 10.3 Å². The van der Waals surface area contributed by atoms with E-state index in [2.05, 4.69) is 10.3 Å². The van der Waals surface area contributed by atoms with Crippen LogP contribution < -0.4 is 19.1 Å². The molecule has 0 aliphatic carbocycles. The number of aromatic nitrogens is 1. The van der Waals surface area contributed by atoms with Crippen molar-refractivity contribution < 1.29 is 23.0 Å². The van der Waals surface area contributed by atoms with Crippen LogP contribution >= 0.6 is 0 Å². The SMILES string of the molecule is CCNCCN(c1ccc(N=C(c2ccccc2)c2c(O)[nH]c3cc(OCC)c(OCC)cc23)cc1)S(C)(=O)=O. The Hall–Kier alpha value is -4.02. The topological polar surface area (TPSA) is 116 Å². The monoisotopic (exact) mass is 564 g/mol. The molecule has 0 bridgehead atoms. The Balaban J connectivity index is 1.82. The van der Waals surface area contributed by atoms with Crippen LogP contribution in [0.15, 0.2) is 71.7 Å². The lowest BCUT2D eigenvalue weighted by atomic mass is 10.0. The summed E-state index contributed by atoms with van der Waals surface area (Å²) in [7, 11) is -3.46. The number of aromatic hydroxyl groups is 1. The van der Waals surface area contributed by atoms with Crippen molar-refractivity contribution in [1.29, 1.82) is 0 Å². The minimum absolute atomic E-state index is 0.0306. The van der Waals surface area contributed by atoms with Crippen molar-refractivity contribution in [2.75, 3.05) is 43.4 Å². The molecule has 0 spiro atoms. The first-order valence-corrected chi connectivity index (χ1v) is 15.2. The lowest BCUT2D eigenvalue weighted by Crippen LogP contribution is -2.36. The Morgan fingerprint density at radius 3 is 2.23 bits per heavy atom. The van der Waals surface area contributed by atoms with Crippen LogP contribution in [0, 0.1) is 0 Å². The summed E-state index contributed by atoms with van der Waals surface area (Å²) in [6.07, 6.45) is 1.20. The molecule has 0 saturated carbocycles. The molecule has 0 radical (unpaired) electrons. The minimum atomic E-state index is -3.46. The fraction of sp³-hybridized carbons (Fsp3) is 0.300. The number of aromatic amines is 1. The van der Waals surface area contributed by atoms with Crippen molar-refractivity contribution in [3.05, 3.63) is 77.9 Å². The van der Waals surface area contributed by atoms with E-state index in [0.717, 1.165) is 17.5 Å². The first-order chi connectivity index (χ1) is 19.3. The number of benzene rings is 3. The van der Waals surface area contributed by atoms with Crippen LogP contribution in [0.2, 0.25) is 0 Å². The second-order valence-corrected chi connectivity index (χ2v) is 11.0. The summed E-state index contributed by atoms with van der Waals surface area (Å²) in [6.45, 7) is 8.33. The quantitative estimate of drug-likeness (QED) is 0.152. The summed E-state index contributed by atoms with van der Waals surface area (Å²) in [5, 5.41) is 15.0. The van der Waals surface area contributed by atoms with Gasteiger partial charge in [0, 0.05) is 30.1 Å². The maximum Gasteiger partial charge on any atom is 0.232 e. The number of aliphatic imine (C=N–C) groups is 1. The Kier molecular flexibility index (Phi) is 9.34. The van der Waals surface area contributed by atoms with Crippen LogP contribution in [-0.2, 0) is 10.0 Å². The van der Waals surface area contributed by atoms with Gasteiger partial charge in [-0.1, -0.05) is 37.3 Å². The van der Waals surface area contributed by atoms with Crippen LogP contribution in [0.1, 0.15) is 31.9 Å². The number of anilines is 1. The molecule has 9 nitrogen and oxygen atoms in total. The fourth-order valence-electron chi connectivity index (χ4n) is 4.49. The number of likely N-dealkylation sites (N-methyl/N-ethyl adjacent to an activating group) is 1. The molecular weight excluding hydrogens is 528 g/mol. The van der Waals surface area contributed by atoms with Gasteiger partial charge in [0.25, 0.3) is 0 Å². The highest BCUT2D eigenvalue weighted by atomic mass is 32.2. The van der Waals surface area contributed by atoms with Crippen molar-refractivity contribution in [2.24, 2.45) is 4.99 Å². The third-order valence-electron chi connectivity index (χ3n) is 6.25. The van der Waals surface area contributed by atoms with E-state index in [9.17, 15) is 13.5 Å². The highest BCUT2D eigenvalue weighted by Gasteiger charge is 2.22. The molecule has 4 aromatic rings. The van der Waals surface area contributed by atoms with E-state index in [1.54, 1.807) is 24.3 Å². The molecule has 0 amide bonds. The highest BCUT2D eigenvalue weighted by Crippen LogP contribution is 2.39. The van der Waals surface area contributed by atoms with Gasteiger partial charge in [-0.05, 0) is 50.7 Å². The maximum absolute atomic E-state index is 12.5. The van der Waals surface area contributed by atoms with Crippen molar-refractivity contribution in [2.45, 2.75) is 20.8 Å². The summed E-state index contributed by atoms with van der Waals surface area (Å²) in [5.74, 6) is 1.13. The van der Waals surface area contributed by atoms with E-state index in [0.29, 0.717) is 66.0 Å². The normalized spacial score (nSPS) is 12.1. The molecule has 212 valence electrons. The van der Waals surface area contributed by atoms with Gasteiger partial charge in [0.2, 0.25) is 10.0 Å². The Bertz CT molecular complexity index is 1570. The standard InChI is InChI=1S/C30H36N4O5S/c1-5-31-17-18-34(40(4,36)37)23-15-13-22(14-16-23)32-29(21-11-9-8-10-12-21)28-24-19-26(38-6-2)27(39-7-3)20-25(24)33-30(28)35/h8-16,19-20,31,33,35H,5-7,17-18H2,1-4H3. The van der Waals surface area contributed by atoms with Crippen LogP contribution in [0.5, 0.6) is 17.4 Å². The molecule has 40 heavy (non-hydrogen) atoms. The van der Waals surface area contributed by atoms with Crippen LogP contribution in [0.25, 0.3) is 10.9 Å². The number of hydrogen-bond donors (Lipinski definition) is 3. The second kappa shape index (κ2) is 12.9. The number of fused-ring (bicyclic) bond motifs is 1. The molecule has 0 atom stereocenters. The molecule has 0 fully saturated rings. The van der Waals surface area contributed by atoms with E-state index in [4.69, 9.17) is 14.5 Å². The van der Waals surface area contributed by atoms with Crippen molar-refractivity contribution in [3.63, 3.8) is 0 Å². The first-order valence-electron chi connectivity index (χ1n) is 13.3. The number of H-pyrrole nitrogens is 1. The fourth-order valence-corrected chi connectivity index (χ4v) is 5.42. The molecule has 0 aliphatic rings. The number of rotatable bonds is 13. The van der Waals surface area contributed by atoms with E-state index in [1.807, 2.05) is 63.2 Å². The zero-order valence-electron chi connectivity index (χ0n) is 23.3. The summed E-state index contributed by atoms with van der Waals surface area (Å²) in [6, 6.07) is 20.3. The number of sulfonamides is 1. The summed E-state index contributed by atoms with van der Waals surface area (Å²) < 4.78 is 37.9. The number of hydrogen-bond acceptors (Lipinski definition) is 7. The molecule has 0 saturated heterocycles. The van der Waals surface area contributed by atoms with Gasteiger partial charge < -0.3 is 24.9 Å². The molecule has 10 heteroatoms. The predicted octanol–water partition coefficient (Wildman–Crippen LogP) is 5.22. The van der Waals surface area contributed by atoms with Gasteiger partial charge >= 0.3 is 0 Å². The highest BCUT2D eigenvalue weighted by molar-refractivity contribution is 7.92. The average molecular weight is 565 g/mol. The second-order valence-electron chi connectivity index (χ2n) is 9.09. The molecule has 0 aliphatic heterocycles. The van der Waals surface area contributed by atoms with Crippen LogP contribution in [0.3, 0.4) is 0 Å². The number of ether oxygens (including phenoxy) is 2. The third kappa shape index (κ3) is 6.57. The summed E-state index contributed by atoms with van der Waals surface area (Å²) in [4.78, 5) is 8.00. The van der Waals surface area contributed by atoms with E-state index in [1.165, 1.54) is 10.6 Å². The lowest BCUT2D eigenvalue weighted by molar-refractivity contribution is 0.288. The van der Waals surface area contributed by atoms with Crippen LogP contribution in [-0.4, -0.2) is 63.3 Å². The number of nitrogens with one attached hydrogen (secondary N) is 2. The molecule has 0 unspecified atom stereocenters. The zero-order chi connectivity index (χ0) is 28.7. The van der Waals surface area contributed by atoms with Gasteiger partial charge in [-0.3, -0.25) is 4.31 Å². The minimum Gasteiger partial charge on any atom is -0.494 e. The van der Waals surface area contributed by atoms with Gasteiger partial charge in [0.15, 0.2) is 17.4 Å². The first kappa shape index (κ1) is 29.0. The maximum atomic E-state index is 12.5. The summed E-state index contributed by atoms with van der Waals surface area (Å²) >= 11 is 0. The predicted molar refractivity (Wildman–Crippen MR) is 161 cm³/mol. The molecule has 3 aromatic carbocycles. The average Bonchev–Trinajstić information content (AvgIpc) is 3.25. The largest absolute Gasteiger partial charge is 0.494 e. The van der Waals surface area contributed by atoms with E-state index in [-0.39, 0.29) is 5.88 Å². The number of nitrogens with zero attached hydrogens (tertiary/aromatic N) is 2. The third-order valence-corrected chi connectivity index (χ3v) is 7.44. The molecular formula is C30H36N4O5S. The molecule has 3 N–H and O–H groups in total. The van der Waals surface area contributed by atoms with Gasteiger partial charge in [0.05, 0.1) is 47.6 Å². The Labute approximate surface area is 235 Å². The van der Waals surface area contributed by atoms with E-state index >= 15 is 0 Å². The Morgan fingerprint density at radius 2 is 1.62 bits per heavy atom. The zero-order valence-corrected chi connectivity index (χ0v) is 24.1. The smallest absolute Gasteiger partial charge is 0.232 e. The van der Waals surface area contributed by atoms with E-state index < -0.39 is 10.0 Å². The van der Waals surface area contributed by atoms with Gasteiger partial charge in [-0.2, -0.15) is 0 Å². The molecule has 1 aromatic heterocycles. The van der Waals surface area contributed by atoms with Gasteiger partial charge in [0.1, 0.15) is 0 Å². The molecule has 4 rings (SSSR count). The molecule has 1 heterocycles.